The summed E-state index contributed by atoms with van der Waals surface area (Å²) in [4.78, 5) is 13.3. The maximum Gasteiger partial charge on any atom is 0.220 e. The molecule has 19 nitrogen and oxygen atoms in total. The summed E-state index contributed by atoms with van der Waals surface area (Å²) in [5, 5.41) is 120. The Kier molecular flexibility index (Phi) is 40.3. The highest BCUT2D eigenvalue weighted by Gasteiger charge is 2.53. The first-order chi connectivity index (χ1) is 39.3. The lowest BCUT2D eigenvalue weighted by atomic mass is 9.96. The van der Waals surface area contributed by atoms with Gasteiger partial charge in [-0.1, -0.05) is 190 Å². The molecule has 3 aliphatic heterocycles. The van der Waals surface area contributed by atoms with E-state index in [0.717, 1.165) is 77.0 Å². The number of aliphatic hydroxyl groups is 11. The van der Waals surface area contributed by atoms with Crippen LogP contribution in [0.5, 0.6) is 0 Å². The number of unbranched alkanes of at least 4 members (excludes halogenated alkanes) is 21. The van der Waals surface area contributed by atoms with Crippen LogP contribution in [0.15, 0.2) is 60.8 Å². The standard InChI is InChI=1S/C62H109NO18/c1-3-5-7-9-11-13-15-16-17-18-19-20-21-22-23-24-25-26-27-28-30-32-34-36-38-40-50(68)63-45(46(67)39-37-35-33-31-29-14-12-10-8-6-4-2)44-76-60-56(74)53(71)58(48(42-65)78-60)81-62-57(75)54(72)59(49(43-66)79-62)80-61-55(73)52(70)51(69)47(41-64)77-61/h5,7,11,13,16-17,19-20,37,39,45-49,51-62,64-67,69-75H,3-4,6,8-10,12,14-15,18,21-36,38,40-44H2,1-2H3,(H,63,68)/b7-5-,13-11-,17-16-,20-19-,39-37+. The van der Waals surface area contributed by atoms with Crippen LogP contribution >= 0.6 is 0 Å². The van der Waals surface area contributed by atoms with Crippen LogP contribution in [0.1, 0.15) is 194 Å². The molecule has 17 unspecified atom stereocenters. The third-order valence-electron chi connectivity index (χ3n) is 15.3. The van der Waals surface area contributed by atoms with Crippen molar-refractivity contribution in [3.05, 3.63) is 60.8 Å². The zero-order valence-electron chi connectivity index (χ0n) is 49.0. The average molecular weight is 1160 g/mol. The molecule has 0 aromatic carbocycles. The monoisotopic (exact) mass is 1160 g/mol. The maximum atomic E-state index is 13.3. The smallest absolute Gasteiger partial charge is 0.220 e. The number of carbonyl (C=O) groups is 1. The summed E-state index contributed by atoms with van der Waals surface area (Å²) in [6.45, 7) is 1.58. The van der Waals surface area contributed by atoms with Crippen LogP contribution in [0.25, 0.3) is 0 Å². The van der Waals surface area contributed by atoms with Crippen LogP contribution in [0.2, 0.25) is 0 Å². The molecule has 0 spiro atoms. The predicted octanol–water partition coefficient (Wildman–Crippen LogP) is 6.04. The highest BCUT2D eigenvalue weighted by molar-refractivity contribution is 5.76. The van der Waals surface area contributed by atoms with Gasteiger partial charge in [0, 0.05) is 6.42 Å². The number of hydrogen-bond acceptors (Lipinski definition) is 18. The quantitative estimate of drug-likeness (QED) is 0.0244. The minimum atomic E-state index is -1.98. The molecule has 0 bridgehead atoms. The van der Waals surface area contributed by atoms with Crippen molar-refractivity contribution in [1.82, 2.24) is 5.32 Å². The zero-order valence-corrected chi connectivity index (χ0v) is 49.0. The molecule has 0 aromatic rings. The van der Waals surface area contributed by atoms with Crippen LogP contribution < -0.4 is 5.32 Å². The van der Waals surface area contributed by atoms with Gasteiger partial charge in [-0.3, -0.25) is 4.79 Å². The summed E-state index contributed by atoms with van der Waals surface area (Å²) < 4.78 is 34.2. The molecule has 3 fully saturated rings. The number of carbonyl (C=O) groups excluding carboxylic acids is 1. The second-order valence-electron chi connectivity index (χ2n) is 22.1. The van der Waals surface area contributed by atoms with Crippen LogP contribution in [0.4, 0.5) is 0 Å². The van der Waals surface area contributed by atoms with Crippen molar-refractivity contribution < 1.29 is 89.4 Å². The molecule has 470 valence electrons. The largest absolute Gasteiger partial charge is 0.394 e. The fraction of sp³-hybridized carbons (Fsp3) is 0.823. The average Bonchev–Trinajstić information content (AvgIpc) is 3.51. The van der Waals surface area contributed by atoms with Crippen molar-refractivity contribution >= 4 is 5.91 Å². The molecule has 12 N–H and O–H groups in total. The van der Waals surface area contributed by atoms with E-state index < -0.39 is 124 Å². The third kappa shape index (κ3) is 28.5. The van der Waals surface area contributed by atoms with E-state index in [1.165, 1.54) is 89.9 Å². The summed E-state index contributed by atoms with van der Waals surface area (Å²) in [7, 11) is 0. The highest BCUT2D eigenvalue weighted by atomic mass is 16.8. The first-order valence-electron chi connectivity index (χ1n) is 31.0. The Morgan fingerprint density at radius 1 is 0.457 bits per heavy atom. The van der Waals surface area contributed by atoms with Crippen molar-refractivity contribution in [2.45, 2.75) is 298 Å². The van der Waals surface area contributed by atoms with Crippen LogP contribution in [0, 0.1) is 0 Å². The van der Waals surface area contributed by atoms with Crippen LogP contribution in [0.3, 0.4) is 0 Å². The fourth-order valence-electron chi connectivity index (χ4n) is 10.2. The Labute approximate surface area is 484 Å². The molecular weight excluding hydrogens is 1050 g/mol. The second-order valence-corrected chi connectivity index (χ2v) is 22.1. The van der Waals surface area contributed by atoms with Gasteiger partial charge in [0.1, 0.15) is 73.2 Å². The third-order valence-corrected chi connectivity index (χ3v) is 15.3. The number of nitrogens with one attached hydrogen (secondary N) is 1. The van der Waals surface area contributed by atoms with Crippen molar-refractivity contribution in [1.29, 1.82) is 0 Å². The van der Waals surface area contributed by atoms with E-state index >= 15 is 0 Å². The molecule has 3 saturated heterocycles. The van der Waals surface area contributed by atoms with E-state index in [2.05, 4.69) is 67.8 Å². The summed E-state index contributed by atoms with van der Waals surface area (Å²) in [6.07, 6.45) is 24.9. The van der Waals surface area contributed by atoms with E-state index in [4.69, 9.17) is 28.4 Å². The molecule has 19 heteroatoms. The van der Waals surface area contributed by atoms with Gasteiger partial charge in [-0.2, -0.15) is 0 Å². The number of rotatable bonds is 45. The molecule has 17 atom stereocenters. The van der Waals surface area contributed by atoms with Gasteiger partial charge >= 0.3 is 0 Å². The highest BCUT2D eigenvalue weighted by Crippen LogP contribution is 2.33. The van der Waals surface area contributed by atoms with Crippen LogP contribution in [-0.4, -0.2) is 193 Å². The number of ether oxygens (including phenoxy) is 6. The van der Waals surface area contributed by atoms with Crippen molar-refractivity contribution in [3.8, 4) is 0 Å². The van der Waals surface area contributed by atoms with E-state index in [1.54, 1.807) is 6.08 Å². The van der Waals surface area contributed by atoms with E-state index in [9.17, 15) is 61.0 Å². The lowest BCUT2D eigenvalue weighted by molar-refractivity contribution is -0.379. The normalized spacial score (nSPS) is 30.2. The van der Waals surface area contributed by atoms with Gasteiger partial charge in [-0.05, 0) is 57.8 Å². The molecule has 3 aliphatic rings. The summed E-state index contributed by atoms with van der Waals surface area (Å²) in [5.41, 5.74) is 0. The summed E-state index contributed by atoms with van der Waals surface area (Å²) >= 11 is 0. The summed E-state index contributed by atoms with van der Waals surface area (Å²) in [5.74, 6) is -0.282. The zero-order chi connectivity index (χ0) is 59.0. The van der Waals surface area contributed by atoms with E-state index in [-0.39, 0.29) is 18.9 Å². The molecule has 0 radical (unpaired) electrons. The Morgan fingerprint density at radius 2 is 0.852 bits per heavy atom. The van der Waals surface area contributed by atoms with Gasteiger partial charge in [0.15, 0.2) is 18.9 Å². The van der Waals surface area contributed by atoms with Crippen molar-refractivity contribution in [3.63, 3.8) is 0 Å². The fourth-order valence-corrected chi connectivity index (χ4v) is 10.2. The maximum absolute atomic E-state index is 13.3. The molecule has 1 amide bonds. The van der Waals surface area contributed by atoms with E-state index in [0.29, 0.717) is 6.42 Å². The Hall–Kier alpha value is -2.51. The number of allylic oxidation sites excluding steroid dienone is 9. The molecule has 0 saturated carbocycles. The van der Waals surface area contributed by atoms with Gasteiger partial charge in [-0.15, -0.1) is 0 Å². The van der Waals surface area contributed by atoms with Gasteiger partial charge in [0.2, 0.25) is 5.91 Å². The molecule has 0 aliphatic carbocycles. The van der Waals surface area contributed by atoms with Gasteiger partial charge in [0.25, 0.3) is 0 Å². The molecule has 81 heavy (non-hydrogen) atoms. The lowest BCUT2D eigenvalue weighted by Crippen LogP contribution is -2.66. The first kappa shape index (κ1) is 72.7. The number of amides is 1. The van der Waals surface area contributed by atoms with Crippen molar-refractivity contribution in [2.24, 2.45) is 0 Å². The van der Waals surface area contributed by atoms with Crippen LogP contribution in [-0.2, 0) is 33.2 Å². The summed E-state index contributed by atoms with van der Waals surface area (Å²) in [6, 6.07) is -0.974. The number of hydrogen-bond donors (Lipinski definition) is 12. The van der Waals surface area contributed by atoms with Gasteiger partial charge < -0.3 is 89.9 Å². The molecule has 3 heterocycles. The SMILES string of the molecule is CC/C=C\C/C=C\C/C=C\C/C=C\CCCCCCCCCCCCCCC(=O)NC(COC1OC(CO)C(OC2OC(CO)C(OC3OC(CO)C(O)C(O)C3O)C(O)C2O)C(O)C1O)C(O)/C=C/CCCCCCCCCCC. The van der Waals surface area contributed by atoms with Gasteiger partial charge in [-0.25, -0.2) is 0 Å². The Bertz CT molecular complexity index is 1710. The Balaban J connectivity index is 1.44. The topological polar surface area (TPSA) is 307 Å². The predicted molar refractivity (Wildman–Crippen MR) is 309 cm³/mol. The van der Waals surface area contributed by atoms with Gasteiger partial charge in [0.05, 0.1) is 38.6 Å². The lowest BCUT2D eigenvalue weighted by Gasteiger charge is -2.48. The Morgan fingerprint density at radius 3 is 1.33 bits per heavy atom. The number of aliphatic hydroxyl groups excluding tert-OH is 11. The molecular formula is C62H109NO18. The first-order valence-corrected chi connectivity index (χ1v) is 31.0. The van der Waals surface area contributed by atoms with Crippen molar-refractivity contribution in [2.75, 3.05) is 26.4 Å². The molecule has 3 rings (SSSR count). The minimum absolute atomic E-state index is 0.238. The van der Waals surface area contributed by atoms with E-state index in [1.807, 2.05) is 6.08 Å². The second kappa shape index (κ2) is 44.9. The molecule has 0 aromatic heterocycles. The minimum Gasteiger partial charge on any atom is -0.394 e.